The molecule has 0 saturated heterocycles. The Morgan fingerprint density at radius 3 is 1.81 bits per heavy atom. The van der Waals surface area contributed by atoms with Gasteiger partial charge in [0.2, 0.25) is 0 Å². The zero-order valence-electron chi connectivity index (χ0n) is 12.0. The highest BCUT2D eigenvalue weighted by Crippen LogP contribution is 2.29. The van der Waals surface area contributed by atoms with Crippen LogP contribution in [0.3, 0.4) is 0 Å². The van der Waals surface area contributed by atoms with Crippen molar-refractivity contribution in [3.8, 4) is 11.5 Å². The molecular weight excluding hydrogens is 296 g/mol. The van der Waals surface area contributed by atoms with E-state index >= 15 is 0 Å². The predicted molar refractivity (Wildman–Crippen MR) is 79.4 cm³/mol. The molecule has 0 aliphatic carbocycles. The lowest BCUT2D eigenvalue weighted by Crippen LogP contribution is -2.13. The van der Waals surface area contributed by atoms with Crippen LogP contribution in [0.25, 0.3) is 0 Å². The molecule has 0 aromatic heterocycles. The lowest BCUT2D eigenvalue weighted by molar-refractivity contribution is 0.00708. The molecule has 0 unspecified atom stereocenters. The molecule has 0 radical (unpaired) electrons. The second-order valence-electron chi connectivity index (χ2n) is 4.45. The SMILES string of the molecule is ClCc1ccc2c(c1)OCCOCCOCCOCCO2. The smallest absolute Gasteiger partial charge is 0.161 e. The van der Waals surface area contributed by atoms with E-state index in [-0.39, 0.29) is 0 Å². The maximum Gasteiger partial charge on any atom is 0.161 e. The van der Waals surface area contributed by atoms with E-state index in [4.69, 9.17) is 35.3 Å². The molecule has 1 aromatic carbocycles. The van der Waals surface area contributed by atoms with Crippen molar-refractivity contribution in [3.63, 3.8) is 0 Å². The van der Waals surface area contributed by atoms with Gasteiger partial charge >= 0.3 is 0 Å². The summed E-state index contributed by atoms with van der Waals surface area (Å²) in [7, 11) is 0. The lowest BCUT2D eigenvalue weighted by Gasteiger charge is -2.13. The average molecular weight is 317 g/mol. The van der Waals surface area contributed by atoms with Crippen LogP contribution in [0.1, 0.15) is 5.56 Å². The van der Waals surface area contributed by atoms with Gasteiger partial charge in [0.25, 0.3) is 0 Å². The molecule has 0 amide bonds. The molecule has 0 spiro atoms. The topological polar surface area (TPSA) is 46.2 Å². The fourth-order valence-corrected chi connectivity index (χ4v) is 2.00. The summed E-state index contributed by atoms with van der Waals surface area (Å²) < 4.78 is 27.6. The third kappa shape index (κ3) is 6.09. The molecule has 2 rings (SSSR count). The maximum atomic E-state index is 5.85. The van der Waals surface area contributed by atoms with Gasteiger partial charge in [-0.15, -0.1) is 11.6 Å². The Bertz CT molecular complexity index is 413. The van der Waals surface area contributed by atoms with Crippen molar-refractivity contribution in [2.45, 2.75) is 5.88 Å². The number of hydrogen-bond acceptors (Lipinski definition) is 5. The van der Waals surface area contributed by atoms with E-state index in [9.17, 15) is 0 Å². The van der Waals surface area contributed by atoms with E-state index < -0.39 is 0 Å². The molecule has 1 aromatic rings. The normalized spacial score (nSPS) is 18.5. The number of hydrogen-bond donors (Lipinski definition) is 0. The molecule has 5 nitrogen and oxygen atoms in total. The Morgan fingerprint density at radius 2 is 1.24 bits per heavy atom. The van der Waals surface area contributed by atoms with E-state index in [1.54, 1.807) is 0 Å². The highest BCUT2D eigenvalue weighted by atomic mass is 35.5. The first-order valence-electron chi connectivity index (χ1n) is 7.08. The van der Waals surface area contributed by atoms with Crippen LogP contribution < -0.4 is 9.47 Å². The van der Waals surface area contributed by atoms with Gasteiger partial charge in [-0.05, 0) is 17.7 Å². The third-order valence-corrected chi connectivity index (χ3v) is 3.19. The van der Waals surface area contributed by atoms with Crippen LogP contribution in [0.15, 0.2) is 18.2 Å². The van der Waals surface area contributed by atoms with Crippen LogP contribution in [0.5, 0.6) is 11.5 Å². The van der Waals surface area contributed by atoms with Crippen molar-refractivity contribution in [3.05, 3.63) is 23.8 Å². The van der Waals surface area contributed by atoms with Crippen molar-refractivity contribution in [2.24, 2.45) is 0 Å². The molecule has 0 saturated carbocycles. The van der Waals surface area contributed by atoms with Gasteiger partial charge in [0.15, 0.2) is 11.5 Å². The van der Waals surface area contributed by atoms with E-state index in [1.165, 1.54) is 0 Å². The molecular formula is C15H21ClO5. The quantitative estimate of drug-likeness (QED) is 0.744. The first kappa shape index (κ1) is 16.4. The molecule has 0 fully saturated rings. The molecule has 6 heteroatoms. The fourth-order valence-electron chi connectivity index (χ4n) is 1.83. The lowest BCUT2D eigenvalue weighted by atomic mass is 10.2. The molecule has 1 heterocycles. The zero-order chi connectivity index (χ0) is 14.8. The molecule has 1 aliphatic rings. The number of ether oxygens (including phenoxy) is 5. The third-order valence-electron chi connectivity index (χ3n) is 2.88. The van der Waals surface area contributed by atoms with E-state index in [0.717, 1.165) is 5.56 Å². The molecule has 118 valence electrons. The minimum Gasteiger partial charge on any atom is -0.487 e. The van der Waals surface area contributed by atoms with Gasteiger partial charge in [0.1, 0.15) is 13.2 Å². The van der Waals surface area contributed by atoms with Crippen molar-refractivity contribution >= 4 is 11.6 Å². The highest BCUT2D eigenvalue weighted by Gasteiger charge is 2.07. The van der Waals surface area contributed by atoms with Crippen LogP contribution >= 0.6 is 11.6 Å². The van der Waals surface area contributed by atoms with E-state index in [0.29, 0.717) is 70.2 Å². The molecule has 21 heavy (non-hydrogen) atoms. The minimum absolute atomic E-state index is 0.438. The first-order valence-corrected chi connectivity index (χ1v) is 7.61. The fraction of sp³-hybridized carbons (Fsp3) is 0.600. The Labute approximate surface area is 130 Å². The maximum absolute atomic E-state index is 5.85. The van der Waals surface area contributed by atoms with Gasteiger partial charge in [0, 0.05) is 5.88 Å². The van der Waals surface area contributed by atoms with Crippen LogP contribution in [-0.4, -0.2) is 52.9 Å². The van der Waals surface area contributed by atoms with Crippen LogP contribution in [0, 0.1) is 0 Å². The number of alkyl halides is 1. The van der Waals surface area contributed by atoms with Crippen LogP contribution in [-0.2, 0) is 20.1 Å². The summed E-state index contributed by atoms with van der Waals surface area (Å²) in [5.41, 5.74) is 0.988. The highest BCUT2D eigenvalue weighted by molar-refractivity contribution is 6.17. The minimum atomic E-state index is 0.438. The standard InChI is InChI=1S/C15H21ClO5/c16-12-13-1-2-14-15(11-13)21-10-8-19-6-4-17-3-5-18-7-9-20-14/h1-2,11H,3-10,12H2. The summed E-state index contributed by atoms with van der Waals surface area (Å²) in [4.78, 5) is 0. The Balaban J connectivity index is 1.96. The van der Waals surface area contributed by atoms with Crippen molar-refractivity contribution < 1.29 is 23.7 Å². The van der Waals surface area contributed by atoms with Crippen molar-refractivity contribution in [1.82, 2.24) is 0 Å². The van der Waals surface area contributed by atoms with Gasteiger partial charge < -0.3 is 23.7 Å². The number of fused-ring (bicyclic) bond motifs is 1. The monoisotopic (exact) mass is 316 g/mol. The average Bonchev–Trinajstić information content (AvgIpc) is 2.52. The largest absolute Gasteiger partial charge is 0.487 e. The zero-order valence-corrected chi connectivity index (χ0v) is 12.8. The summed E-state index contributed by atoms with van der Waals surface area (Å²) in [6.07, 6.45) is 0. The molecule has 0 bridgehead atoms. The first-order chi connectivity index (χ1) is 10.4. The number of rotatable bonds is 1. The van der Waals surface area contributed by atoms with Crippen LogP contribution in [0.4, 0.5) is 0 Å². The summed E-state index contributed by atoms with van der Waals surface area (Å²) >= 11 is 5.85. The molecule has 0 N–H and O–H groups in total. The summed E-state index contributed by atoms with van der Waals surface area (Å²) in [5, 5.41) is 0. The summed E-state index contributed by atoms with van der Waals surface area (Å²) in [5.74, 6) is 1.81. The van der Waals surface area contributed by atoms with E-state index in [2.05, 4.69) is 0 Å². The van der Waals surface area contributed by atoms with E-state index in [1.807, 2.05) is 18.2 Å². The number of benzene rings is 1. The van der Waals surface area contributed by atoms with Gasteiger partial charge in [-0.2, -0.15) is 0 Å². The van der Waals surface area contributed by atoms with Gasteiger partial charge in [-0.25, -0.2) is 0 Å². The Kier molecular flexibility index (Phi) is 7.67. The second kappa shape index (κ2) is 9.84. The molecule has 0 atom stereocenters. The van der Waals surface area contributed by atoms with Crippen molar-refractivity contribution in [1.29, 1.82) is 0 Å². The Hall–Kier alpha value is -1.01. The second-order valence-corrected chi connectivity index (χ2v) is 4.72. The summed E-state index contributed by atoms with van der Waals surface area (Å²) in [6, 6.07) is 5.69. The number of halogens is 1. The van der Waals surface area contributed by atoms with Gasteiger partial charge in [-0.1, -0.05) is 6.07 Å². The summed E-state index contributed by atoms with van der Waals surface area (Å²) in [6.45, 7) is 4.17. The molecule has 1 aliphatic heterocycles. The predicted octanol–water partition coefficient (Wildman–Crippen LogP) is 2.25. The van der Waals surface area contributed by atoms with Crippen molar-refractivity contribution in [2.75, 3.05) is 52.9 Å². The Morgan fingerprint density at radius 1 is 0.714 bits per heavy atom. The van der Waals surface area contributed by atoms with Crippen LogP contribution in [0.2, 0.25) is 0 Å². The van der Waals surface area contributed by atoms with Gasteiger partial charge in [0.05, 0.1) is 39.6 Å². The van der Waals surface area contributed by atoms with Gasteiger partial charge in [-0.3, -0.25) is 0 Å².